The second-order valence-corrected chi connectivity index (χ2v) is 3.48. The molecule has 0 aliphatic heterocycles. The first-order valence-electron chi connectivity index (χ1n) is 4.95. The Kier molecular flexibility index (Phi) is 4.43. The lowest BCUT2D eigenvalue weighted by Gasteiger charge is -2.12. The van der Waals surface area contributed by atoms with E-state index in [1.807, 2.05) is 0 Å². The molecule has 5 nitrogen and oxygen atoms in total. The number of urea groups is 1. The van der Waals surface area contributed by atoms with E-state index in [9.17, 15) is 9.18 Å². The van der Waals surface area contributed by atoms with Gasteiger partial charge in [0.05, 0.1) is 23.9 Å². The van der Waals surface area contributed by atoms with E-state index < -0.39 is 17.9 Å². The van der Waals surface area contributed by atoms with E-state index in [2.05, 4.69) is 10.6 Å². The van der Waals surface area contributed by atoms with Crippen LogP contribution in [-0.4, -0.2) is 23.8 Å². The molecule has 0 bridgehead atoms. The summed E-state index contributed by atoms with van der Waals surface area (Å²) in [4.78, 5) is 11.4. The van der Waals surface area contributed by atoms with Crippen molar-refractivity contribution in [2.24, 2.45) is 0 Å². The van der Waals surface area contributed by atoms with Gasteiger partial charge in [0.15, 0.2) is 0 Å². The van der Waals surface area contributed by atoms with E-state index in [4.69, 9.17) is 10.4 Å². The number of aliphatic hydroxyl groups is 1. The summed E-state index contributed by atoms with van der Waals surface area (Å²) in [5, 5.41) is 22.3. The topological polar surface area (TPSA) is 85.2 Å². The number of hydrogen-bond acceptors (Lipinski definition) is 3. The standard InChI is InChI=1S/C11H12FN3O2/c1-7(6-16)14-11(17)15-10-3-2-9(12)4-8(10)5-13/h2-4,7,16H,6H2,1H3,(H2,14,15,17). The number of hydrogen-bond donors (Lipinski definition) is 3. The smallest absolute Gasteiger partial charge is 0.319 e. The Morgan fingerprint density at radius 2 is 2.35 bits per heavy atom. The van der Waals surface area contributed by atoms with Crippen molar-refractivity contribution in [1.82, 2.24) is 5.32 Å². The fraction of sp³-hybridized carbons (Fsp3) is 0.273. The van der Waals surface area contributed by atoms with Crippen molar-refractivity contribution in [2.75, 3.05) is 11.9 Å². The van der Waals surface area contributed by atoms with E-state index in [0.29, 0.717) is 0 Å². The van der Waals surface area contributed by atoms with E-state index in [-0.39, 0.29) is 17.9 Å². The van der Waals surface area contributed by atoms with Gasteiger partial charge >= 0.3 is 6.03 Å². The second-order valence-electron chi connectivity index (χ2n) is 3.48. The minimum Gasteiger partial charge on any atom is -0.394 e. The predicted octanol–water partition coefficient (Wildman–Crippen LogP) is 1.20. The number of benzene rings is 1. The Morgan fingerprint density at radius 1 is 1.65 bits per heavy atom. The van der Waals surface area contributed by atoms with Gasteiger partial charge in [0.2, 0.25) is 0 Å². The Bertz CT molecular complexity index is 457. The molecule has 1 rings (SSSR count). The van der Waals surface area contributed by atoms with Gasteiger partial charge in [0.1, 0.15) is 11.9 Å². The molecule has 1 atom stereocenters. The summed E-state index contributed by atoms with van der Waals surface area (Å²) in [6, 6.07) is 4.30. The molecule has 1 aromatic rings. The van der Waals surface area contributed by atoms with Crippen LogP contribution in [0.3, 0.4) is 0 Å². The van der Waals surface area contributed by atoms with Gasteiger partial charge in [0.25, 0.3) is 0 Å². The third-order valence-electron chi connectivity index (χ3n) is 2.00. The molecule has 6 heteroatoms. The molecule has 0 heterocycles. The van der Waals surface area contributed by atoms with Gasteiger partial charge in [0, 0.05) is 0 Å². The summed E-state index contributed by atoms with van der Waals surface area (Å²) in [5.74, 6) is -0.545. The van der Waals surface area contributed by atoms with Crippen LogP contribution in [0.4, 0.5) is 14.9 Å². The Hall–Kier alpha value is -2.13. The average Bonchev–Trinajstić information content (AvgIpc) is 2.31. The van der Waals surface area contributed by atoms with Gasteiger partial charge in [-0.1, -0.05) is 0 Å². The SMILES string of the molecule is CC(CO)NC(=O)Nc1ccc(F)cc1C#N. The first-order chi connectivity index (χ1) is 8.06. The highest BCUT2D eigenvalue weighted by Gasteiger charge is 2.09. The van der Waals surface area contributed by atoms with Gasteiger partial charge in [-0.05, 0) is 25.1 Å². The molecule has 1 aromatic carbocycles. The Morgan fingerprint density at radius 3 is 2.94 bits per heavy atom. The van der Waals surface area contributed by atoms with Crippen LogP contribution in [-0.2, 0) is 0 Å². The number of nitriles is 1. The van der Waals surface area contributed by atoms with Crippen LogP contribution in [0.1, 0.15) is 12.5 Å². The van der Waals surface area contributed by atoms with Crippen LogP contribution < -0.4 is 10.6 Å². The fourth-order valence-corrected chi connectivity index (χ4v) is 1.15. The molecule has 17 heavy (non-hydrogen) atoms. The number of amides is 2. The maximum Gasteiger partial charge on any atom is 0.319 e. The minimum absolute atomic E-state index is 0.0387. The summed E-state index contributed by atoms with van der Waals surface area (Å²) in [7, 11) is 0. The number of aliphatic hydroxyl groups excluding tert-OH is 1. The number of anilines is 1. The molecule has 2 amide bonds. The van der Waals surface area contributed by atoms with Crippen molar-refractivity contribution in [3.63, 3.8) is 0 Å². The Labute approximate surface area is 97.9 Å². The van der Waals surface area contributed by atoms with Gasteiger partial charge in [-0.3, -0.25) is 0 Å². The normalized spacial score (nSPS) is 11.4. The molecule has 0 saturated carbocycles. The number of rotatable bonds is 3. The largest absolute Gasteiger partial charge is 0.394 e. The first-order valence-corrected chi connectivity index (χ1v) is 4.95. The molecular weight excluding hydrogens is 225 g/mol. The van der Waals surface area contributed by atoms with Crippen molar-refractivity contribution < 1.29 is 14.3 Å². The van der Waals surface area contributed by atoms with Crippen molar-refractivity contribution in [1.29, 1.82) is 5.26 Å². The van der Waals surface area contributed by atoms with Crippen molar-refractivity contribution in [2.45, 2.75) is 13.0 Å². The van der Waals surface area contributed by atoms with E-state index in [1.54, 1.807) is 13.0 Å². The van der Waals surface area contributed by atoms with Crippen LogP contribution in [0.5, 0.6) is 0 Å². The summed E-state index contributed by atoms with van der Waals surface area (Å²) in [6.07, 6.45) is 0. The molecule has 1 unspecified atom stereocenters. The van der Waals surface area contributed by atoms with Gasteiger partial charge in [-0.25, -0.2) is 9.18 Å². The zero-order chi connectivity index (χ0) is 12.8. The zero-order valence-electron chi connectivity index (χ0n) is 9.20. The maximum absolute atomic E-state index is 12.8. The summed E-state index contributed by atoms with van der Waals surface area (Å²) in [5.41, 5.74) is 0.258. The number of nitrogens with zero attached hydrogens (tertiary/aromatic N) is 1. The summed E-state index contributed by atoms with van der Waals surface area (Å²) < 4.78 is 12.8. The lowest BCUT2D eigenvalue weighted by Crippen LogP contribution is -2.38. The lowest BCUT2D eigenvalue weighted by molar-refractivity contribution is 0.229. The van der Waals surface area contributed by atoms with Gasteiger partial charge < -0.3 is 15.7 Å². The molecule has 0 spiro atoms. The molecule has 90 valence electrons. The van der Waals surface area contributed by atoms with Gasteiger partial charge in [-0.2, -0.15) is 5.26 Å². The highest BCUT2D eigenvalue weighted by atomic mass is 19.1. The highest BCUT2D eigenvalue weighted by Crippen LogP contribution is 2.15. The monoisotopic (exact) mass is 237 g/mol. The molecule has 0 aliphatic carbocycles. The fourth-order valence-electron chi connectivity index (χ4n) is 1.15. The molecule has 0 aromatic heterocycles. The summed E-state index contributed by atoms with van der Waals surface area (Å²) in [6.45, 7) is 1.43. The quantitative estimate of drug-likeness (QED) is 0.738. The van der Waals surface area contributed by atoms with E-state index in [0.717, 1.165) is 12.1 Å². The van der Waals surface area contributed by atoms with Gasteiger partial charge in [-0.15, -0.1) is 0 Å². The molecule has 0 saturated heterocycles. The van der Waals surface area contributed by atoms with Crippen LogP contribution in [0, 0.1) is 17.1 Å². The molecule has 0 radical (unpaired) electrons. The molecule has 0 aliphatic rings. The minimum atomic E-state index is -0.561. The van der Waals surface area contributed by atoms with Crippen molar-refractivity contribution in [3.05, 3.63) is 29.6 Å². The predicted molar refractivity (Wildman–Crippen MR) is 59.8 cm³/mol. The number of carbonyl (C=O) groups is 1. The van der Waals surface area contributed by atoms with E-state index >= 15 is 0 Å². The maximum atomic E-state index is 12.8. The lowest BCUT2D eigenvalue weighted by atomic mass is 10.2. The van der Waals surface area contributed by atoms with E-state index in [1.165, 1.54) is 6.07 Å². The third-order valence-corrected chi connectivity index (χ3v) is 2.00. The van der Waals surface area contributed by atoms with Crippen LogP contribution >= 0.6 is 0 Å². The number of carbonyl (C=O) groups excluding carboxylic acids is 1. The molecule has 3 N–H and O–H groups in total. The molecule has 0 fully saturated rings. The van der Waals surface area contributed by atoms with Crippen LogP contribution in [0.2, 0.25) is 0 Å². The molecular formula is C11H12FN3O2. The second kappa shape index (κ2) is 5.82. The Balaban J connectivity index is 2.75. The highest BCUT2D eigenvalue weighted by molar-refractivity contribution is 5.90. The first kappa shape index (κ1) is 12.9. The van der Waals surface area contributed by atoms with Crippen molar-refractivity contribution >= 4 is 11.7 Å². The van der Waals surface area contributed by atoms with Crippen molar-refractivity contribution in [3.8, 4) is 6.07 Å². The van der Waals surface area contributed by atoms with Crippen LogP contribution in [0.15, 0.2) is 18.2 Å². The average molecular weight is 237 g/mol. The number of halogens is 1. The summed E-state index contributed by atoms with van der Waals surface area (Å²) >= 11 is 0. The number of nitrogens with one attached hydrogen (secondary N) is 2. The third kappa shape index (κ3) is 3.74. The van der Waals surface area contributed by atoms with Crippen LogP contribution in [0.25, 0.3) is 0 Å². The zero-order valence-corrected chi connectivity index (χ0v) is 9.20.